The number of likely N-dealkylation sites (tertiary alicyclic amines) is 1. The van der Waals surface area contributed by atoms with E-state index >= 15 is 0 Å². The van der Waals surface area contributed by atoms with Crippen molar-refractivity contribution in [3.05, 3.63) is 34.9 Å². The molecule has 0 aliphatic carbocycles. The summed E-state index contributed by atoms with van der Waals surface area (Å²) >= 11 is 6.37. The van der Waals surface area contributed by atoms with E-state index in [-0.39, 0.29) is 0 Å². The molecule has 2 nitrogen and oxygen atoms in total. The van der Waals surface area contributed by atoms with E-state index in [1.807, 2.05) is 12.1 Å². The van der Waals surface area contributed by atoms with Crippen molar-refractivity contribution in [1.29, 1.82) is 0 Å². The molecular weight excluding hydrogens is 280 g/mol. The summed E-state index contributed by atoms with van der Waals surface area (Å²) in [6.45, 7) is 10.3. The van der Waals surface area contributed by atoms with Crippen LogP contribution in [0.4, 0.5) is 0 Å². The van der Waals surface area contributed by atoms with Crippen LogP contribution in [-0.4, -0.2) is 30.6 Å². The molecule has 0 radical (unpaired) electrons. The maximum absolute atomic E-state index is 6.37. The zero-order valence-corrected chi connectivity index (χ0v) is 14.4. The minimum absolute atomic E-state index is 0.355. The molecule has 1 aliphatic heterocycles. The fourth-order valence-electron chi connectivity index (χ4n) is 3.36. The van der Waals surface area contributed by atoms with E-state index in [9.17, 15) is 0 Å². The van der Waals surface area contributed by atoms with Crippen molar-refractivity contribution in [1.82, 2.24) is 10.2 Å². The molecule has 3 heteroatoms. The van der Waals surface area contributed by atoms with Crippen LogP contribution >= 0.6 is 11.6 Å². The van der Waals surface area contributed by atoms with E-state index in [1.165, 1.54) is 24.9 Å². The lowest BCUT2D eigenvalue weighted by Gasteiger charge is -2.37. The molecule has 3 atom stereocenters. The molecule has 1 fully saturated rings. The standard InChI is InChI=1S/C18H29ClN2/c1-4-20-18(16-7-5-6-8-17(16)19)11-12-21-13-14(2)9-10-15(21)3/h5-8,14-15,18,20H,4,9-13H2,1-3H3. The van der Waals surface area contributed by atoms with E-state index in [0.717, 1.165) is 36.5 Å². The first-order chi connectivity index (χ1) is 10.1. The van der Waals surface area contributed by atoms with Gasteiger partial charge >= 0.3 is 0 Å². The summed E-state index contributed by atoms with van der Waals surface area (Å²) in [5.74, 6) is 0.832. The molecule has 1 aromatic rings. The Morgan fingerprint density at radius 2 is 2.05 bits per heavy atom. The summed E-state index contributed by atoms with van der Waals surface area (Å²) in [5.41, 5.74) is 1.23. The van der Waals surface area contributed by atoms with Gasteiger partial charge in [-0.3, -0.25) is 0 Å². The zero-order valence-electron chi connectivity index (χ0n) is 13.6. The topological polar surface area (TPSA) is 15.3 Å². The number of rotatable bonds is 6. The summed E-state index contributed by atoms with van der Waals surface area (Å²) in [4.78, 5) is 2.65. The van der Waals surface area contributed by atoms with Gasteiger partial charge in [0.15, 0.2) is 0 Å². The molecule has 0 amide bonds. The SMILES string of the molecule is CCNC(CCN1CC(C)CCC1C)c1ccccc1Cl. The van der Waals surface area contributed by atoms with E-state index < -0.39 is 0 Å². The molecular formula is C18H29ClN2. The molecule has 21 heavy (non-hydrogen) atoms. The molecule has 1 aliphatic rings. The van der Waals surface area contributed by atoms with Gasteiger partial charge < -0.3 is 10.2 Å². The second-order valence-electron chi connectivity index (χ2n) is 6.45. The molecule has 2 rings (SSSR count). The summed E-state index contributed by atoms with van der Waals surface area (Å²) in [6, 6.07) is 9.30. The second-order valence-corrected chi connectivity index (χ2v) is 6.85. The van der Waals surface area contributed by atoms with Gasteiger partial charge in [0.25, 0.3) is 0 Å². The van der Waals surface area contributed by atoms with Crippen molar-refractivity contribution in [2.75, 3.05) is 19.6 Å². The lowest BCUT2D eigenvalue weighted by Crippen LogP contribution is -2.42. The Labute approximate surface area is 134 Å². The van der Waals surface area contributed by atoms with Crippen molar-refractivity contribution in [3.8, 4) is 0 Å². The normalized spacial score (nSPS) is 25.0. The average Bonchev–Trinajstić information content (AvgIpc) is 2.47. The lowest BCUT2D eigenvalue weighted by atomic mass is 9.94. The minimum atomic E-state index is 0.355. The van der Waals surface area contributed by atoms with E-state index in [4.69, 9.17) is 11.6 Å². The number of benzene rings is 1. The third-order valence-electron chi connectivity index (χ3n) is 4.68. The zero-order chi connectivity index (χ0) is 15.2. The molecule has 1 aromatic carbocycles. The summed E-state index contributed by atoms with van der Waals surface area (Å²) in [6.07, 6.45) is 3.83. The molecule has 1 heterocycles. The summed E-state index contributed by atoms with van der Waals surface area (Å²) < 4.78 is 0. The van der Waals surface area contributed by atoms with E-state index in [1.54, 1.807) is 0 Å². The van der Waals surface area contributed by atoms with Gasteiger partial charge in [0, 0.05) is 30.2 Å². The molecule has 118 valence electrons. The molecule has 1 N–H and O–H groups in total. The molecule has 0 saturated carbocycles. The van der Waals surface area contributed by atoms with Crippen molar-refractivity contribution in [2.24, 2.45) is 5.92 Å². The van der Waals surface area contributed by atoms with Crippen LogP contribution in [0.25, 0.3) is 0 Å². The van der Waals surface area contributed by atoms with Gasteiger partial charge in [-0.05, 0) is 50.3 Å². The van der Waals surface area contributed by atoms with E-state index in [0.29, 0.717) is 6.04 Å². The monoisotopic (exact) mass is 308 g/mol. The van der Waals surface area contributed by atoms with Crippen molar-refractivity contribution in [3.63, 3.8) is 0 Å². The van der Waals surface area contributed by atoms with Gasteiger partial charge in [0.05, 0.1) is 0 Å². The molecule has 0 bridgehead atoms. The second kappa shape index (κ2) is 8.17. The Hall–Kier alpha value is -0.570. The highest BCUT2D eigenvalue weighted by Crippen LogP contribution is 2.27. The van der Waals surface area contributed by atoms with Crippen LogP contribution in [0.1, 0.15) is 51.6 Å². The Kier molecular flexibility index (Phi) is 6.53. The van der Waals surface area contributed by atoms with Crippen LogP contribution in [-0.2, 0) is 0 Å². The Bertz CT molecular complexity index is 435. The van der Waals surface area contributed by atoms with Crippen LogP contribution in [0.5, 0.6) is 0 Å². The lowest BCUT2D eigenvalue weighted by molar-refractivity contribution is 0.119. The van der Waals surface area contributed by atoms with Crippen molar-refractivity contribution < 1.29 is 0 Å². The first-order valence-corrected chi connectivity index (χ1v) is 8.71. The summed E-state index contributed by atoms with van der Waals surface area (Å²) in [5, 5.41) is 4.47. The fraction of sp³-hybridized carbons (Fsp3) is 0.667. The van der Waals surface area contributed by atoms with Crippen LogP contribution in [0.3, 0.4) is 0 Å². The molecule has 0 aromatic heterocycles. The van der Waals surface area contributed by atoms with Crippen LogP contribution < -0.4 is 5.32 Å². The largest absolute Gasteiger partial charge is 0.310 e. The average molecular weight is 309 g/mol. The van der Waals surface area contributed by atoms with Gasteiger partial charge in [-0.15, -0.1) is 0 Å². The van der Waals surface area contributed by atoms with Gasteiger partial charge in [0.2, 0.25) is 0 Å². The third-order valence-corrected chi connectivity index (χ3v) is 5.03. The van der Waals surface area contributed by atoms with Gasteiger partial charge in [0.1, 0.15) is 0 Å². The fourth-order valence-corrected chi connectivity index (χ4v) is 3.63. The number of hydrogen-bond donors (Lipinski definition) is 1. The maximum Gasteiger partial charge on any atom is 0.0453 e. The first kappa shape index (κ1) is 16.8. The number of halogens is 1. The molecule has 1 saturated heterocycles. The number of hydrogen-bond acceptors (Lipinski definition) is 2. The molecule has 3 unspecified atom stereocenters. The highest BCUT2D eigenvalue weighted by Gasteiger charge is 2.23. The predicted octanol–water partition coefficient (Wildman–Crippen LogP) is 4.50. The predicted molar refractivity (Wildman–Crippen MR) is 91.9 cm³/mol. The van der Waals surface area contributed by atoms with Crippen LogP contribution in [0.15, 0.2) is 24.3 Å². The number of piperidine rings is 1. The van der Waals surface area contributed by atoms with Gasteiger partial charge in [-0.2, -0.15) is 0 Å². The first-order valence-electron chi connectivity index (χ1n) is 8.33. The highest BCUT2D eigenvalue weighted by molar-refractivity contribution is 6.31. The number of nitrogens with one attached hydrogen (secondary N) is 1. The quantitative estimate of drug-likeness (QED) is 0.832. The minimum Gasteiger partial charge on any atom is -0.310 e. The van der Waals surface area contributed by atoms with Crippen molar-refractivity contribution >= 4 is 11.6 Å². The maximum atomic E-state index is 6.37. The molecule has 0 spiro atoms. The third kappa shape index (κ3) is 4.70. The smallest absolute Gasteiger partial charge is 0.0453 e. The number of nitrogens with zero attached hydrogens (tertiary/aromatic N) is 1. The highest BCUT2D eigenvalue weighted by atomic mass is 35.5. The van der Waals surface area contributed by atoms with Crippen LogP contribution in [0.2, 0.25) is 5.02 Å². The van der Waals surface area contributed by atoms with Crippen LogP contribution in [0, 0.1) is 5.92 Å². The van der Waals surface area contributed by atoms with Gasteiger partial charge in [-0.1, -0.05) is 43.6 Å². The Balaban J connectivity index is 1.98. The Morgan fingerprint density at radius 3 is 2.76 bits per heavy atom. The van der Waals surface area contributed by atoms with Crippen molar-refractivity contribution in [2.45, 2.75) is 52.1 Å². The van der Waals surface area contributed by atoms with Gasteiger partial charge in [-0.25, -0.2) is 0 Å². The summed E-state index contributed by atoms with van der Waals surface area (Å²) in [7, 11) is 0. The van der Waals surface area contributed by atoms with E-state index in [2.05, 4.69) is 43.1 Å². The Morgan fingerprint density at radius 1 is 1.29 bits per heavy atom.